The third-order valence-electron chi connectivity index (χ3n) is 4.84. The third kappa shape index (κ3) is 3.14. The molecule has 4 aromatic rings. The maximum Gasteiger partial charge on any atom is 0.168 e. The lowest BCUT2D eigenvalue weighted by Crippen LogP contribution is -2.24. The predicted molar refractivity (Wildman–Crippen MR) is 115 cm³/mol. The van der Waals surface area contributed by atoms with E-state index in [4.69, 9.17) is 4.74 Å². The van der Waals surface area contributed by atoms with Gasteiger partial charge in [0, 0.05) is 38.5 Å². The predicted octanol–water partition coefficient (Wildman–Crippen LogP) is 2.94. The summed E-state index contributed by atoms with van der Waals surface area (Å²) in [5.74, 6) is 1.62. The van der Waals surface area contributed by atoms with Crippen LogP contribution in [0.15, 0.2) is 53.2 Å². The zero-order valence-electron chi connectivity index (χ0n) is 16.8. The first-order valence-corrected chi connectivity index (χ1v) is 10.2. The van der Waals surface area contributed by atoms with Crippen molar-refractivity contribution in [1.82, 2.24) is 29.5 Å². The minimum atomic E-state index is 0.399. The number of rotatable bonds is 5. The summed E-state index contributed by atoms with van der Waals surface area (Å²) in [4.78, 5) is 27.4. The molecule has 152 valence electrons. The van der Waals surface area contributed by atoms with E-state index in [-0.39, 0.29) is 0 Å². The summed E-state index contributed by atoms with van der Waals surface area (Å²) in [6, 6.07) is 6.41. The van der Waals surface area contributed by atoms with Gasteiger partial charge in [0.25, 0.3) is 0 Å². The van der Waals surface area contributed by atoms with Gasteiger partial charge in [-0.25, -0.2) is 24.9 Å². The first kappa shape index (κ1) is 18.8. The minimum absolute atomic E-state index is 0.399. The molecule has 0 fully saturated rings. The number of ether oxygens (including phenoxy) is 1. The summed E-state index contributed by atoms with van der Waals surface area (Å²) >= 11 is 1.62. The molecule has 0 saturated heterocycles. The molecule has 0 N–H and O–H groups in total. The fraction of sp³-hybridized carbons (Fsp3) is 0.250. The van der Waals surface area contributed by atoms with Crippen molar-refractivity contribution < 1.29 is 4.74 Å². The molecule has 30 heavy (non-hydrogen) atoms. The van der Waals surface area contributed by atoms with Crippen LogP contribution < -0.4 is 9.80 Å². The average Bonchev–Trinajstić information content (AvgIpc) is 3.16. The number of imidazole rings is 1. The van der Waals surface area contributed by atoms with E-state index in [1.54, 1.807) is 37.6 Å². The highest BCUT2D eigenvalue weighted by Crippen LogP contribution is 2.46. The van der Waals surface area contributed by atoms with E-state index in [1.807, 2.05) is 29.9 Å². The first-order chi connectivity index (χ1) is 14.7. The van der Waals surface area contributed by atoms with Crippen molar-refractivity contribution in [1.29, 1.82) is 0 Å². The topological polar surface area (TPSA) is 85.1 Å². The van der Waals surface area contributed by atoms with Gasteiger partial charge in [0.15, 0.2) is 22.8 Å². The van der Waals surface area contributed by atoms with Crippen LogP contribution in [0.4, 0.5) is 17.3 Å². The van der Waals surface area contributed by atoms with Crippen LogP contribution >= 0.6 is 11.8 Å². The second kappa shape index (κ2) is 7.54. The Hall–Kier alpha value is -3.24. The van der Waals surface area contributed by atoms with Gasteiger partial charge in [-0.15, -0.1) is 0 Å². The van der Waals surface area contributed by atoms with Gasteiger partial charge in [-0.2, -0.15) is 0 Å². The Morgan fingerprint density at radius 2 is 1.93 bits per heavy atom. The van der Waals surface area contributed by atoms with Gasteiger partial charge in [0.05, 0.1) is 18.6 Å². The molecule has 0 aliphatic carbocycles. The molecule has 0 radical (unpaired) electrons. The van der Waals surface area contributed by atoms with Crippen LogP contribution in [-0.4, -0.2) is 57.4 Å². The van der Waals surface area contributed by atoms with E-state index in [0.717, 1.165) is 44.0 Å². The molecule has 0 saturated carbocycles. The Balaban J connectivity index is 1.52. The Morgan fingerprint density at radius 3 is 2.77 bits per heavy atom. The zero-order chi connectivity index (χ0) is 20.7. The van der Waals surface area contributed by atoms with E-state index >= 15 is 0 Å². The van der Waals surface area contributed by atoms with Gasteiger partial charge in [-0.3, -0.25) is 4.90 Å². The smallest absolute Gasteiger partial charge is 0.168 e. The molecule has 0 amide bonds. The van der Waals surface area contributed by atoms with Crippen LogP contribution in [0, 0.1) is 0 Å². The van der Waals surface area contributed by atoms with Gasteiger partial charge in [0.2, 0.25) is 0 Å². The van der Waals surface area contributed by atoms with Crippen molar-refractivity contribution in [2.24, 2.45) is 0 Å². The van der Waals surface area contributed by atoms with Gasteiger partial charge < -0.3 is 14.2 Å². The Bertz CT molecular complexity index is 1220. The van der Waals surface area contributed by atoms with E-state index in [9.17, 15) is 0 Å². The highest BCUT2D eigenvalue weighted by molar-refractivity contribution is 7.99. The zero-order valence-corrected chi connectivity index (χ0v) is 17.7. The fourth-order valence-corrected chi connectivity index (χ4v) is 4.51. The lowest BCUT2D eigenvalue weighted by Gasteiger charge is -2.30. The van der Waals surface area contributed by atoms with Crippen LogP contribution in [0.1, 0.15) is 5.56 Å². The molecule has 5 rings (SSSR count). The van der Waals surface area contributed by atoms with Gasteiger partial charge in [0.1, 0.15) is 18.1 Å². The summed E-state index contributed by atoms with van der Waals surface area (Å²) in [7, 11) is 5.58. The quantitative estimate of drug-likeness (QED) is 0.484. The molecule has 1 aromatic carbocycles. The van der Waals surface area contributed by atoms with Crippen LogP contribution in [0.5, 0.6) is 0 Å². The standard InChI is InChI=1S/C20H20N8OS/c1-26(2)17-16-18(24-10-23-17)27(11-25-16)9-13-4-5-15-14(8-13)28(12-29-3)19-20(30-15)22-7-6-21-19/h4-8,10-11H,9,12H2,1-3H3. The van der Waals surface area contributed by atoms with Crippen molar-refractivity contribution in [2.75, 3.05) is 37.7 Å². The normalized spacial score (nSPS) is 12.7. The van der Waals surface area contributed by atoms with Gasteiger partial charge in [-0.1, -0.05) is 17.8 Å². The second-order valence-corrected chi connectivity index (χ2v) is 8.10. The lowest BCUT2D eigenvalue weighted by molar-refractivity contribution is 0.204. The molecular weight excluding hydrogens is 400 g/mol. The first-order valence-electron chi connectivity index (χ1n) is 9.37. The summed E-state index contributed by atoms with van der Waals surface area (Å²) < 4.78 is 7.48. The van der Waals surface area contributed by atoms with E-state index < -0.39 is 0 Å². The fourth-order valence-electron chi connectivity index (χ4n) is 3.52. The number of benzene rings is 1. The minimum Gasteiger partial charge on any atom is -0.364 e. The largest absolute Gasteiger partial charge is 0.364 e. The van der Waals surface area contributed by atoms with Crippen molar-refractivity contribution in [3.63, 3.8) is 0 Å². The number of hydrogen-bond acceptors (Lipinski definition) is 9. The van der Waals surface area contributed by atoms with Crippen LogP contribution in [0.2, 0.25) is 0 Å². The summed E-state index contributed by atoms with van der Waals surface area (Å²) in [5, 5.41) is 0.878. The molecule has 9 nitrogen and oxygen atoms in total. The number of methoxy groups -OCH3 is 1. The third-order valence-corrected chi connectivity index (χ3v) is 5.89. The van der Waals surface area contributed by atoms with Gasteiger partial charge in [-0.05, 0) is 17.7 Å². The molecule has 0 bridgehead atoms. The summed E-state index contributed by atoms with van der Waals surface area (Å²) in [5.41, 5.74) is 3.79. The van der Waals surface area contributed by atoms with E-state index in [1.165, 1.54) is 0 Å². The number of nitrogens with zero attached hydrogens (tertiary/aromatic N) is 8. The average molecular weight is 421 g/mol. The second-order valence-electron chi connectivity index (χ2n) is 7.07. The summed E-state index contributed by atoms with van der Waals surface area (Å²) in [6.07, 6.45) is 6.81. The van der Waals surface area contributed by atoms with E-state index in [0.29, 0.717) is 13.3 Å². The number of hydrogen-bond donors (Lipinski definition) is 0. The highest BCUT2D eigenvalue weighted by atomic mass is 32.2. The molecule has 0 spiro atoms. The number of aromatic nitrogens is 6. The Labute approximate surface area is 177 Å². The lowest BCUT2D eigenvalue weighted by atomic mass is 10.2. The van der Waals surface area contributed by atoms with Crippen molar-refractivity contribution in [3.8, 4) is 0 Å². The molecule has 1 aliphatic rings. The molecule has 0 unspecified atom stereocenters. The number of anilines is 3. The molecule has 1 aliphatic heterocycles. The summed E-state index contributed by atoms with van der Waals surface area (Å²) in [6.45, 7) is 1.04. The highest BCUT2D eigenvalue weighted by Gasteiger charge is 2.26. The van der Waals surface area contributed by atoms with Crippen LogP contribution in [0.25, 0.3) is 11.2 Å². The van der Waals surface area contributed by atoms with Gasteiger partial charge >= 0.3 is 0 Å². The molecular formula is C20H20N8OS. The molecule has 4 heterocycles. The van der Waals surface area contributed by atoms with Crippen LogP contribution in [0.3, 0.4) is 0 Å². The Morgan fingerprint density at radius 1 is 1.07 bits per heavy atom. The van der Waals surface area contributed by atoms with Crippen molar-refractivity contribution in [3.05, 3.63) is 48.8 Å². The van der Waals surface area contributed by atoms with Crippen LogP contribution in [-0.2, 0) is 11.3 Å². The van der Waals surface area contributed by atoms with Crippen molar-refractivity contribution >= 4 is 40.2 Å². The molecule has 0 atom stereocenters. The molecule has 3 aromatic heterocycles. The molecule has 10 heteroatoms. The Kier molecular flexibility index (Phi) is 4.72. The SMILES string of the molecule is COCN1c2cc(Cn3cnc4c(N(C)C)ncnc43)ccc2Sc2nccnc21. The maximum atomic E-state index is 5.45. The van der Waals surface area contributed by atoms with E-state index in [2.05, 4.69) is 48.0 Å². The monoisotopic (exact) mass is 420 g/mol. The number of fused-ring (bicyclic) bond motifs is 3. The van der Waals surface area contributed by atoms with Crippen molar-refractivity contribution in [2.45, 2.75) is 16.5 Å². The maximum absolute atomic E-state index is 5.45.